The molecule has 5 nitrogen and oxygen atoms in total. The van der Waals surface area contributed by atoms with Crippen LogP contribution < -0.4 is 19.5 Å². The minimum atomic E-state index is 0.287. The van der Waals surface area contributed by atoms with Gasteiger partial charge < -0.3 is 24.3 Å². The van der Waals surface area contributed by atoms with Crippen LogP contribution in [0.5, 0.6) is 17.2 Å². The third kappa shape index (κ3) is 3.60. The van der Waals surface area contributed by atoms with Gasteiger partial charge in [0.05, 0.1) is 12.7 Å². The summed E-state index contributed by atoms with van der Waals surface area (Å²) in [4.78, 5) is 0. The summed E-state index contributed by atoms with van der Waals surface area (Å²) in [7, 11) is 0. The van der Waals surface area contributed by atoms with Crippen molar-refractivity contribution in [3.05, 3.63) is 17.7 Å². The Kier molecular flexibility index (Phi) is 4.83. The molecule has 1 atom stereocenters. The highest BCUT2D eigenvalue weighted by molar-refractivity contribution is 5.51. The molecule has 1 N–H and O–H groups in total. The second kappa shape index (κ2) is 7.00. The second-order valence-electron chi connectivity index (χ2n) is 5.37. The van der Waals surface area contributed by atoms with Crippen LogP contribution in [0.1, 0.15) is 31.7 Å². The first-order valence-electron chi connectivity index (χ1n) is 7.74. The van der Waals surface area contributed by atoms with Gasteiger partial charge in [0.15, 0.2) is 11.5 Å². The Morgan fingerprint density at radius 2 is 2.14 bits per heavy atom. The van der Waals surface area contributed by atoms with Gasteiger partial charge >= 0.3 is 0 Å². The van der Waals surface area contributed by atoms with Crippen molar-refractivity contribution < 1.29 is 18.9 Å². The number of hydrogen-bond acceptors (Lipinski definition) is 5. The third-order valence-electron chi connectivity index (χ3n) is 3.84. The van der Waals surface area contributed by atoms with Gasteiger partial charge in [-0.25, -0.2) is 0 Å². The van der Waals surface area contributed by atoms with Crippen molar-refractivity contribution in [2.24, 2.45) is 0 Å². The quantitative estimate of drug-likeness (QED) is 0.837. The molecule has 116 valence electrons. The first-order valence-corrected chi connectivity index (χ1v) is 7.74. The average molecular weight is 293 g/mol. The Balaban J connectivity index is 1.63. The highest BCUT2D eigenvalue weighted by Gasteiger charge is 2.19. The zero-order chi connectivity index (χ0) is 14.5. The van der Waals surface area contributed by atoms with Gasteiger partial charge in [-0.15, -0.1) is 0 Å². The lowest BCUT2D eigenvalue weighted by atomic mass is 10.1. The van der Waals surface area contributed by atoms with Crippen LogP contribution in [0.4, 0.5) is 0 Å². The molecule has 2 aliphatic heterocycles. The fraction of sp³-hybridized carbons (Fsp3) is 0.625. The Morgan fingerprint density at radius 1 is 1.29 bits per heavy atom. The molecule has 1 unspecified atom stereocenters. The predicted molar refractivity (Wildman–Crippen MR) is 79.0 cm³/mol. The first kappa shape index (κ1) is 14.5. The molecule has 0 aromatic heterocycles. The van der Waals surface area contributed by atoms with E-state index in [-0.39, 0.29) is 6.79 Å². The van der Waals surface area contributed by atoms with Gasteiger partial charge in [0.25, 0.3) is 0 Å². The largest absolute Gasteiger partial charge is 0.493 e. The van der Waals surface area contributed by atoms with Crippen molar-refractivity contribution >= 4 is 0 Å². The summed E-state index contributed by atoms with van der Waals surface area (Å²) in [5, 5.41) is 3.33. The second-order valence-corrected chi connectivity index (χ2v) is 5.37. The van der Waals surface area contributed by atoms with E-state index in [0.717, 1.165) is 55.4 Å². The van der Waals surface area contributed by atoms with E-state index in [1.807, 2.05) is 12.1 Å². The zero-order valence-corrected chi connectivity index (χ0v) is 12.5. The van der Waals surface area contributed by atoms with Crippen molar-refractivity contribution in [3.63, 3.8) is 0 Å². The molecule has 2 aliphatic rings. The fourth-order valence-corrected chi connectivity index (χ4v) is 2.67. The van der Waals surface area contributed by atoms with Crippen LogP contribution in [0.15, 0.2) is 12.1 Å². The predicted octanol–water partition coefficient (Wildman–Crippen LogP) is 2.47. The SMILES string of the molecule is CCNCc1cc2c(cc1OCCC1CCCO1)OCO2. The van der Waals surface area contributed by atoms with E-state index in [0.29, 0.717) is 12.7 Å². The van der Waals surface area contributed by atoms with Gasteiger partial charge in [0.1, 0.15) is 5.75 Å². The zero-order valence-electron chi connectivity index (χ0n) is 12.5. The minimum absolute atomic E-state index is 0.287. The maximum absolute atomic E-state index is 5.97. The third-order valence-corrected chi connectivity index (χ3v) is 3.84. The smallest absolute Gasteiger partial charge is 0.231 e. The van der Waals surface area contributed by atoms with Crippen LogP contribution in [0.25, 0.3) is 0 Å². The summed E-state index contributed by atoms with van der Waals surface area (Å²) in [5.41, 5.74) is 1.11. The maximum atomic E-state index is 5.97. The molecule has 0 bridgehead atoms. The van der Waals surface area contributed by atoms with Crippen LogP contribution in [0.2, 0.25) is 0 Å². The summed E-state index contributed by atoms with van der Waals surface area (Å²) in [6.45, 7) is 5.62. The highest BCUT2D eigenvalue weighted by atomic mass is 16.7. The van der Waals surface area contributed by atoms with E-state index < -0.39 is 0 Å². The van der Waals surface area contributed by atoms with E-state index in [2.05, 4.69) is 12.2 Å². The lowest BCUT2D eigenvalue weighted by Gasteiger charge is -2.14. The fourth-order valence-electron chi connectivity index (χ4n) is 2.67. The lowest BCUT2D eigenvalue weighted by molar-refractivity contribution is 0.0901. The van der Waals surface area contributed by atoms with E-state index in [9.17, 15) is 0 Å². The molecule has 5 heteroatoms. The van der Waals surface area contributed by atoms with Crippen molar-refractivity contribution in [2.75, 3.05) is 26.6 Å². The molecule has 0 aliphatic carbocycles. The van der Waals surface area contributed by atoms with Gasteiger partial charge in [-0.3, -0.25) is 0 Å². The molecule has 0 amide bonds. The summed E-state index contributed by atoms with van der Waals surface area (Å²) in [6.07, 6.45) is 3.61. The normalized spacial score (nSPS) is 20.0. The monoisotopic (exact) mass is 293 g/mol. The molecule has 0 spiro atoms. The van der Waals surface area contributed by atoms with Crippen molar-refractivity contribution in [1.29, 1.82) is 0 Å². The van der Waals surface area contributed by atoms with Crippen LogP contribution in [0.3, 0.4) is 0 Å². The van der Waals surface area contributed by atoms with E-state index in [4.69, 9.17) is 18.9 Å². The summed E-state index contributed by atoms with van der Waals surface area (Å²) in [5.74, 6) is 2.44. The Morgan fingerprint density at radius 3 is 2.90 bits per heavy atom. The van der Waals surface area contributed by atoms with E-state index >= 15 is 0 Å². The lowest BCUT2D eigenvalue weighted by Crippen LogP contribution is -2.14. The standard InChI is InChI=1S/C16H23NO4/c1-2-17-10-12-8-15-16(21-11-20-15)9-14(12)19-7-5-13-4-3-6-18-13/h8-9,13,17H,2-7,10-11H2,1H3. The molecule has 1 aromatic carbocycles. The minimum Gasteiger partial charge on any atom is -0.493 e. The number of nitrogens with one attached hydrogen (secondary N) is 1. The van der Waals surface area contributed by atoms with E-state index in [1.54, 1.807) is 0 Å². The molecule has 2 heterocycles. The van der Waals surface area contributed by atoms with Gasteiger partial charge in [-0.1, -0.05) is 6.92 Å². The van der Waals surface area contributed by atoms with Gasteiger partial charge in [0, 0.05) is 31.2 Å². The maximum Gasteiger partial charge on any atom is 0.231 e. The molecule has 1 saturated heterocycles. The Bertz CT molecular complexity index is 472. The molecular weight excluding hydrogens is 270 g/mol. The summed E-state index contributed by atoms with van der Waals surface area (Å²) >= 11 is 0. The number of fused-ring (bicyclic) bond motifs is 1. The highest BCUT2D eigenvalue weighted by Crippen LogP contribution is 2.38. The Labute approximate surface area is 125 Å². The summed E-state index contributed by atoms with van der Waals surface area (Å²) in [6, 6.07) is 3.94. The summed E-state index contributed by atoms with van der Waals surface area (Å²) < 4.78 is 22.5. The Hall–Kier alpha value is -1.46. The van der Waals surface area contributed by atoms with Gasteiger partial charge in [-0.2, -0.15) is 0 Å². The van der Waals surface area contributed by atoms with Crippen LogP contribution in [-0.2, 0) is 11.3 Å². The first-order chi connectivity index (χ1) is 10.4. The van der Waals surface area contributed by atoms with Crippen molar-refractivity contribution in [1.82, 2.24) is 5.32 Å². The van der Waals surface area contributed by atoms with E-state index in [1.165, 1.54) is 6.42 Å². The average Bonchev–Trinajstić information content (AvgIpc) is 3.15. The van der Waals surface area contributed by atoms with Crippen LogP contribution >= 0.6 is 0 Å². The number of ether oxygens (including phenoxy) is 4. The molecule has 1 fully saturated rings. The molecule has 0 saturated carbocycles. The van der Waals surface area contributed by atoms with Gasteiger partial charge in [-0.05, 0) is 25.5 Å². The number of hydrogen-bond donors (Lipinski definition) is 1. The molecule has 3 rings (SSSR count). The van der Waals surface area contributed by atoms with Crippen molar-refractivity contribution in [2.45, 2.75) is 38.8 Å². The van der Waals surface area contributed by atoms with Crippen LogP contribution in [-0.4, -0.2) is 32.7 Å². The van der Waals surface area contributed by atoms with Crippen molar-refractivity contribution in [3.8, 4) is 17.2 Å². The molecular formula is C16H23NO4. The van der Waals surface area contributed by atoms with Gasteiger partial charge in [0.2, 0.25) is 6.79 Å². The number of rotatable bonds is 7. The number of benzene rings is 1. The molecule has 21 heavy (non-hydrogen) atoms. The molecule has 1 aromatic rings. The van der Waals surface area contributed by atoms with Crippen LogP contribution in [0, 0.1) is 0 Å². The topological polar surface area (TPSA) is 49.0 Å². The molecule has 0 radical (unpaired) electrons.